The van der Waals surface area contributed by atoms with E-state index in [1.165, 1.54) is 36.0 Å². The molecule has 3 aliphatic rings. The molecule has 2 aliphatic heterocycles. The van der Waals surface area contributed by atoms with Crippen molar-refractivity contribution in [1.82, 2.24) is 19.6 Å². The molecule has 33 heavy (non-hydrogen) atoms. The summed E-state index contributed by atoms with van der Waals surface area (Å²) in [5.41, 5.74) is 6.05. The maximum Gasteiger partial charge on any atom is 0.0794 e. The zero-order valence-electron chi connectivity index (χ0n) is 21.0. The van der Waals surface area contributed by atoms with Crippen molar-refractivity contribution < 1.29 is 5.11 Å². The van der Waals surface area contributed by atoms with Gasteiger partial charge in [-0.15, -0.1) is 0 Å². The Morgan fingerprint density at radius 1 is 1.00 bits per heavy atom. The summed E-state index contributed by atoms with van der Waals surface area (Å²) >= 11 is 0. The van der Waals surface area contributed by atoms with Gasteiger partial charge in [0.05, 0.1) is 12.8 Å². The summed E-state index contributed by atoms with van der Waals surface area (Å²) in [4.78, 5) is 9.79. The monoisotopic (exact) mass is 452 g/mol. The summed E-state index contributed by atoms with van der Waals surface area (Å²) in [5.74, 6) is 0. The lowest BCUT2D eigenvalue weighted by molar-refractivity contribution is 0.0707. The summed E-state index contributed by atoms with van der Waals surface area (Å²) in [7, 11) is 4.33. The third kappa shape index (κ3) is 6.77. The van der Waals surface area contributed by atoms with Gasteiger partial charge in [-0.25, -0.2) is 0 Å². The van der Waals surface area contributed by atoms with Gasteiger partial charge in [-0.05, 0) is 69.4 Å². The lowest BCUT2D eigenvalue weighted by Gasteiger charge is -2.34. The fraction of sp³-hybridized carbons (Fsp3) is 0.643. The number of hydrogen-bond acceptors (Lipinski definition) is 5. The Morgan fingerprint density at radius 3 is 2.48 bits per heavy atom. The van der Waals surface area contributed by atoms with Crippen molar-refractivity contribution >= 4 is 0 Å². The summed E-state index contributed by atoms with van der Waals surface area (Å²) in [5, 5.41) is 10.9. The quantitative estimate of drug-likeness (QED) is 0.581. The number of hydrogen-bond donors (Lipinski definition) is 1. The average molecular weight is 453 g/mol. The first-order chi connectivity index (χ1) is 16.0. The molecule has 1 aromatic carbocycles. The fourth-order valence-electron chi connectivity index (χ4n) is 5.80. The Balaban J connectivity index is 1.29. The van der Waals surface area contributed by atoms with Crippen LogP contribution in [0, 0.1) is 0 Å². The lowest BCUT2D eigenvalue weighted by atomic mass is 9.96. The molecular weight excluding hydrogens is 408 g/mol. The summed E-state index contributed by atoms with van der Waals surface area (Å²) in [6, 6.07) is 9.27. The van der Waals surface area contributed by atoms with Gasteiger partial charge in [0.1, 0.15) is 0 Å². The summed E-state index contributed by atoms with van der Waals surface area (Å²) < 4.78 is 0. The molecule has 1 unspecified atom stereocenters. The van der Waals surface area contributed by atoms with E-state index in [1.54, 1.807) is 5.57 Å². The largest absolute Gasteiger partial charge is 0.390 e. The maximum atomic E-state index is 10.9. The molecule has 0 saturated heterocycles. The molecule has 0 radical (unpaired) electrons. The maximum absolute atomic E-state index is 10.9. The first-order valence-corrected chi connectivity index (χ1v) is 13.0. The number of fused-ring (bicyclic) bond motifs is 1. The van der Waals surface area contributed by atoms with Crippen molar-refractivity contribution in [3.8, 4) is 0 Å². The molecule has 5 heteroatoms. The number of rotatable bonds is 9. The van der Waals surface area contributed by atoms with Crippen LogP contribution in [-0.2, 0) is 13.0 Å². The van der Waals surface area contributed by atoms with E-state index in [-0.39, 0.29) is 6.10 Å². The molecule has 182 valence electrons. The Morgan fingerprint density at radius 2 is 1.73 bits per heavy atom. The minimum Gasteiger partial charge on any atom is -0.390 e. The molecule has 0 aromatic heterocycles. The van der Waals surface area contributed by atoms with E-state index in [4.69, 9.17) is 0 Å². The summed E-state index contributed by atoms with van der Waals surface area (Å²) in [6.45, 7) is 10.1. The van der Waals surface area contributed by atoms with E-state index in [0.717, 1.165) is 65.3 Å². The lowest BCUT2D eigenvalue weighted by Crippen LogP contribution is -2.43. The number of aliphatic hydroxyl groups is 1. The SMILES string of the molecule is CCCN(CN(C)C)C1C=CC2=C(CC1)CCN(C[C@H](O)CN1CCc3ccccc3C1)C2. The number of benzene rings is 1. The predicted molar refractivity (Wildman–Crippen MR) is 137 cm³/mol. The molecule has 4 rings (SSSR count). The normalized spacial score (nSPS) is 23.0. The molecule has 1 aromatic rings. The van der Waals surface area contributed by atoms with Gasteiger partial charge in [0.2, 0.25) is 0 Å². The zero-order chi connectivity index (χ0) is 23.2. The fourth-order valence-corrected chi connectivity index (χ4v) is 5.80. The van der Waals surface area contributed by atoms with Gasteiger partial charge in [-0.2, -0.15) is 0 Å². The smallest absolute Gasteiger partial charge is 0.0794 e. The van der Waals surface area contributed by atoms with Crippen LogP contribution in [0.25, 0.3) is 0 Å². The molecule has 0 bridgehead atoms. The third-order valence-electron chi connectivity index (χ3n) is 7.43. The van der Waals surface area contributed by atoms with Crippen LogP contribution in [0.5, 0.6) is 0 Å². The van der Waals surface area contributed by atoms with Gasteiger partial charge < -0.3 is 5.11 Å². The minimum absolute atomic E-state index is 0.292. The second kappa shape index (κ2) is 11.8. The van der Waals surface area contributed by atoms with Crippen LogP contribution in [0.2, 0.25) is 0 Å². The molecule has 0 fully saturated rings. The second-order valence-electron chi connectivity index (χ2n) is 10.5. The van der Waals surface area contributed by atoms with Crippen LogP contribution in [0.15, 0.2) is 47.6 Å². The van der Waals surface area contributed by atoms with Crippen LogP contribution < -0.4 is 0 Å². The molecule has 2 atom stereocenters. The Hall–Kier alpha value is -1.50. The van der Waals surface area contributed by atoms with Gasteiger partial charge in [0.25, 0.3) is 0 Å². The highest BCUT2D eigenvalue weighted by Gasteiger charge is 2.25. The van der Waals surface area contributed by atoms with Crippen molar-refractivity contribution in [1.29, 1.82) is 0 Å². The second-order valence-corrected chi connectivity index (χ2v) is 10.5. The van der Waals surface area contributed by atoms with Gasteiger partial charge in [0.15, 0.2) is 0 Å². The number of β-amino-alcohol motifs (C(OH)–C–C–N with tert-alkyl or cyclic N) is 1. The highest BCUT2D eigenvalue weighted by molar-refractivity contribution is 5.32. The average Bonchev–Trinajstić information content (AvgIpc) is 3.01. The van der Waals surface area contributed by atoms with E-state index in [1.807, 2.05) is 0 Å². The van der Waals surface area contributed by atoms with Gasteiger partial charge in [-0.3, -0.25) is 19.6 Å². The van der Waals surface area contributed by atoms with Crippen molar-refractivity contribution in [3.63, 3.8) is 0 Å². The Kier molecular flexibility index (Phi) is 8.78. The van der Waals surface area contributed by atoms with Crippen LogP contribution in [0.3, 0.4) is 0 Å². The highest BCUT2D eigenvalue weighted by atomic mass is 16.3. The van der Waals surface area contributed by atoms with Crippen molar-refractivity contribution in [3.05, 3.63) is 58.7 Å². The van der Waals surface area contributed by atoms with Crippen LogP contribution in [0.4, 0.5) is 0 Å². The molecule has 2 heterocycles. The topological polar surface area (TPSA) is 33.2 Å². The van der Waals surface area contributed by atoms with Gasteiger partial charge in [-0.1, -0.05) is 48.9 Å². The van der Waals surface area contributed by atoms with E-state index >= 15 is 0 Å². The van der Waals surface area contributed by atoms with Crippen LogP contribution in [-0.4, -0.2) is 96.9 Å². The Bertz CT molecular complexity index is 833. The molecule has 0 spiro atoms. The van der Waals surface area contributed by atoms with Crippen molar-refractivity contribution in [2.24, 2.45) is 0 Å². The number of aliphatic hydroxyl groups excluding tert-OH is 1. The molecule has 5 nitrogen and oxygen atoms in total. The van der Waals surface area contributed by atoms with Crippen molar-refractivity contribution in [2.75, 3.05) is 60.0 Å². The summed E-state index contributed by atoms with van der Waals surface area (Å²) in [6.07, 6.45) is 10.4. The molecule has 0 amide bonds. The number of nitrogens with zero attached hydrogens (tertiary/aromatic N) is 4. The first kappa shape index (κ1) is 24.6. The highest BCUT2D eigenvalue weighted by Crippen LogP contribution is 2.28. The predicted octanol–water partition coefficient (Wildman–Crippen LogP) is 3.36. The van der Waals surface area contributed by atoms with E-state index < -0.39 is 0 Å². The van der Waals surface area contributed by atoms with Gasteiger partial charge in [0, 0.05) is 45.3 Å². The molecular formula is C28H44N4O. The zero-order valence-corrected chi connectivity index (χ0v) is 21.0. The molecule has 1 aliphatic carbocycles. The van der Waals surface area contributed by atoms with Gasteiger partial charge >= 0.3 is 0 Å². The Labute approximate surface area is 201 Å². The third-order valence-corrected chi connectivity index (χ3v) is 7.43. The van der Waals surface area contributed by atoms with Crippen molar-refractivity contribution in [2.45, 2.75) is 57.7 Å². The first-order valence-electron chi connectivity index (χ1n) is 13.0. The van der Waals surface area contributed by atoms with E-state index in [9.17, 15) is 5.11 Å². The standard InChI is InChI=1S/C28H44N4O/c1-4-15-32(22-29(2)3)27-11-9-24-14-17-31(19-26(24)10-12-27)21-28(33)20-30-16-13-23-7-5-6-8-25(23)18-30/h5-8,10,12,27-28,33H,4,9,11,13-22H2,1-3H3/t27?,28-/m1/s1. The molecule has 1 N–H and O–H groups in total. The van der Waals surface area contributed by atoms with E-state index in [2.05, 4.69) is 77.0 Å². The van der Waals surface area contributed by atoms with Crippen LogP contribution in [0.1, 0.15) is 43.7 Å². The van der Waals surface area contributed by atoms with Crippen LogP contribution >= 0.6 is 0 Å². The van der Waals surface area contributed by atoms with E-state index in [0.29, 0.717) is 6.04 Å². The minimum atomic E-state index is -0.292. The molecule has 0 saturated carbocycles.